The lowest BCUT2D eigenvalue weighted by Crippen LogP contribution is -2.00. The number of rotatable bonds is 6. The van der Waals surface area contributed by atoms with Crippen molar-refractivity contribution >= 4 is 5.69 Å². The average Bonchev–Trinajstić information content (AvgIpc) is 2.85. The monoisotopic (exact) mass is 259 g/mol. The number of nitrogens with zero attached hydrogens (tertiary/aromatic N) is 2. The van der Waals surface area contributed by atoms with Crippen LogP contribution in [-0.2, 0) is 13.0 Å². The van der Waals surface area contributed by atoms with Crippen molar-refractivity contribution in [1.29, 1.82) is 0 Å². The van der Waals surface area contributed by atoms with E-state index >= 15 is 0 Å². The Morgan fingerprint density at radius 2 is 1.95 bits per heavy atom. The lowest BCUT2D eigenvalue weighted by molar-refractivity contribution is 0.377. The molecule has 0 amide bonds. The second-order valence-corrected chi connectivity index (χ2v) is 4.98. The summed E-state index contributed by atoms with van der Waals surface area (Å²) < 4.78 is 5.18. The Balaban J connectivity index is 1.90. The summed E-state index contributed by atoms with van der Waals surface area (Å²) in [4.78, 5) is 4.32. The zero-order chi connectivity index (χ0) is 13.7. The molecule has 0 spiro atoms. The van der Waals surface area contributed by atoms with Gasteiger partial charge >= 0.3 is 0 Å². The number of benzene rings is 1. The molecule has 4 heteroatoms. The Kier molecular flexibility index (Phi) is 4.55. The van der Waals surface area contributed by atoms with E-state index in [2.05, 4.69) is 60.5 Å². The summed E-state index contributed by atoms with van der Waals surface area (Å²) in [5.74, 6) is 1.98. The standard InChI is InChI=1S/C15H21N3O/c1-4-5-14-17-15(19-18-14)10-16-13-8-6-12(7-9-13)11(2)3/h6-9,11,16H,4-5,10H2,1-3H3. The van der Waals surface area contributed by atoms with E-state index in [0.29, 0.717) is 18.4 Å². The van der Waals surface area contributed by atoms with Gasteiger partial charge in [0.25, 0.3) is 0 Å². The molecule has 0 bridgehead atoms. The average molecular weight is 259 g/mol. The summed E-state index contributed by atoms with van der Waals surface area (Å²) in [5.41, 5.74) is 2.41. The van der Waals surface area contributed by atoms with Crippen LogP contribution in [0.1, 0.15) is 50.4 Å². The first-order chi connectivity index (χ1) is 9.19. The first kappa shape index (κ1) is 13.6. The third-order valence-electron chi connectivity index (χ3n) is 3.00. The molecule has 0 radical (unpaired) electrons. The topological polar surface area (TPSA) is 51.0 Å². The summed E-state index contributed by atoms with van der Waals surface area (Å²) >= 11 is 0. The van der Waals surface area contributed by atoms with Gasteiger partial charge in [0.15, 0.2) is 5.82 Å². The van der Waals surface area contributed by atoms with Gasteiger partial charge in [0.1, 0.15) is 0 Å². The maximum absolute atomic E-state index is 5.18. The van der Waals surface area contributed by atoms with Gasteiger partial charge < -0.3 is 9.84 Å². The molecule has 0 fully saturated rings. The van der Waals surface area contributed by atoms with Crippen LogP contribution in [0.4, 0.5) is 5.69 Å². The van der Waals surface area contributed by atoms with E-state index < -0.39 is 0 Å². The molecule has 19 heavy (non-hydrogen) atoms. The number of aryl methyl sites for hydroxylation is 1. The Hall–Kier alpha value is -1.84. The van der Waals surface area contributed by atoms with Crippen LogP contribution in [-0.4, -0.2) is 10.1 Å². The van der Waals surface area contributed by atoms with E-state index in [0.717, 1.165) is 24.4 Å². The fourth-order valence-electron chi connectivity index (χ4n) is 1.85. The first-order valence-corrected chi connectivity index (χ1v) is 6.84. The SMILES string of the molecule is CCCc1noc(CNc2ccc(C(C)C)cc2)n1. The van der Waals surface area contributed by atoms with E-state index in [1.54, 1.807) is 0 Å². The number of anilines is 1. The van der Waals surface area contributed by atoms with Crippen LogP contribution in [0.3, 0.4) is 0 Å². The molecule has 0 atom stereocenters. The second-order valence-electron chi connectivity index (χ2n) is 4.98. The highest BCUT2D eigenvalue weighted by Crippen LogP contribution is 2.17. The van der Waals surface area contributed by atoms with Crippen LogP contribution < -0.4 is 5.32 Å². The first-order valence-electron chi connectivity index (χ1n) is 6.84. The van der Waals surface area contributed by atoms with Crippen molar-refractivity contribution in [3.8, 4) is 0 Å². The van der Waals surface area contributed by atoms with Crippen molar-refractivity contribution in [2.75, 3.05) is 5.32 Å². The molecule has 0 aliphatic rings. The lowest BCUT2D eigenvalue weighted by Gasteiger charge is -2.07. The zero-order valence-electron chi connectivity index (χ0n) is 11.8. The third-order valence-corrected chi connectivity index (χ3v) is 3.00. The Morgan fingerprint density at radius 3 is 2.58 bits per heavy atom. The Bertz CT molecular complexity index is 502. The predicted octanol–water partition coefficient (Wildman–Crippen LogP) is 3.76. The van der Waals surface area contributed by atoms with E-state index in [1.807, 2.05) is 0 Å². The van der Waals surface area contributed by atoms with Crippen molar-refractivity contribution in [2.45, 2.75) is 46.1 Å². The normalized spacial score (nSPS) is 10.9. The molecule has 102 valence electrons. The number of aromatic nitrogens is 2. The van der Waals surface area contributed by atoms with Gasteiger partial charge in [-0.3, -0.25) is 0 Å². The zero-order valence-corrected chi connectivity index (χ0v) is 11.8. The minimum Gasteiger partial charge on any atom is -0.376 e. The predicted molar refractivity (Wildman–Crippen MR) is 76.2 cm³/mol. The van der Waals surface area contributed by atoms with E-state index in [9.17, 15) is 0 Å². The molecular weight excluding hydrogens is 238 g/mol. The van der Waals surface area contributed by atoms with Gasteiger partial charge in [-0.2, -0.15) is 4.98 Å². The van der Waals surface area contributed by atoms with Crippen LogP contribution in [0.25, 0.3) is 0 Å². The lowest BCUT2D eigenvalue weighted by atomic mass is 10.0. The van der Waals surface area contributed by atoms with Gasteiger partial charge in [-0.25, -0.2) is 0 Å². The summed E-state index contributed by atoms with van der Waals surface area (Å²) in [7, 11) is 0. The fraction of sp³-hybridized carbons (Fsp3) is 0.467. The maximum atomic E-state index is 5.18. The highest BCUT2D eigenvalue weighted by molar-refractivity contribution is 5.45. The van der Waals surface area contributed by atoms with E-state index in [1.165, 1.54) is 5.56 Å². The van der Waals surface area contributed by atoms with Crippen molar-refractivity contribution < 1.29 is 4.52 Å². The maximum Gasteiger partial charge on any atom is 0.245 e. The van der Waals surface area contributed by atoms with Crippen LogP contribution in [0, 0.1) is 0 Å². The number of hydrogen-bond acceptors (Lipinski definition) is 4. The molecule has 0 saturated carbocycles. The molecule has 2 aromatic rings. The van der Waals surface area contributed by atoms with E-state index in [-0.39, 0.29) is 0 Å². The summed E-state index contributed by atoms with van der Waals surface area (Å²) in [6.45, 7) is 7.05. The summed E-state index contributed by atoms with van der Waals surface area (Å²) in [5, 5.41) is 7.22. The highest BCUT2D eigenvalue weighted by Gasteiger charge is 2.05. The molecule has 4 nitrogen and oxygen atoms in total. The van der Waals surface area contributed by atoms with Crippen LogP contribution >= 0.6 is 0 Å². The second kappa shape index (κ2) is 6.36. The minimum atomic E-state index is 0.557. The largest absolute Gasteiger partial charge is 0.376 e. The van der Waals surface area contributed by atoms with Crippen LogP contribution in [0.5, 0.6) is 0 Å². The molecule has 1 aromatic carbocycles. The van der Waals surface area contributed by atoms with Gasteiger partial charge in [0, 0.05) is 12.1 Å². The molecule has 1 N–H and O–H groups in total. The van der Waals surface area contributed by atoms with Crippen molar-refractivity contribution in [3.63, 3.8) is 0 Å². The summed E-state index contributed by atoms with van der Waals surface area (Å²) in [6.07, 6.45) is 1.90. The van der Waals surface area contributed by atoms with Crippen LogP contribution in [0.15, 0.2) is 28.8 Å². The molecule has 0 saturated heterocycles. The van der Waals surface area contributed by atoms with Gasteiger partial charge in [-0.1, -0.05) is 38.1 Å². The van der Waals surface area contributed by atoms with Crippen molar-refractivity contribution in [3.05, 3.63) is 41.5 Å². The smallest absolute Gasteiger partial charge is 0.245 e. The number of hydrogen-bond donors (Lipinski definition) is 1. The van der Waals surface area contributed by atoms with Gasteiger partial charge in [-0.05, 0) is 30.0 Å². The Morgan fingerprint density at radius 1 is 1.21 bits per heavy atom. The van der Waals surface area contributed by atoms with Crippen LogP contribution in [0.2, 0.25) is 0 Å². The molecule has 2 rings (SSSR count). The molecule has 1 aromatic heterocycles. The third kappa shape index (κ3) is 3.81. The molecule has 0 aliphatic heterocycles. The Labute approximate surface area is 114 Å². The summed E-state index contributed by atoms with van der Waals surface area (Å²) in [6, 6.07) is 8.45. The molecule has 1 heterocycles. The molecule has 0 aliphatic carbocycles. The van der Waals surface area contributed by atoms with Crippen molar-refractivity contribution in [1.82, 2.24) is 10.1 Å². The van der Waals surface area contributed by atoms with Gasteiger partial charge in [0.2, 0.25) is 5.89 Å². The fourth-order valence-corrected chi connectivity index (χ4v) is 1.85. The van der Waals surface area contributed by atoms with Crippen molar-refractivity contribution in [2.24, 2.45) is 0 Å². The van der Waals surface area contributed by atoms with E-state index in [4.69, 9.17) is 4.52 Å². The van der Waals surface area contributed by atoms with Gasteiger partial charge in [0.05, 0.1) is 6.54 Å². The molecular formula is C15H21N3O. The minimum absolute atomic E-state index is 0.557. The molecule has 0 unspecified atom stereocenters. The van der Waals surface area contributed by atoms with Gasteiger partial charge in [-0.15, -0.1) is 0 Å². The highest BCUT2D eigenvalue weighted by atomic mass is 16.5. The number of nitrogens with one attached hydrogen (secondary N) is 1. The quantitative estimate of drug-likeness (QED) is 0.858.